The molecular weight excluding hydrogens is 289 g/mol. The highest BCUT2D eigenvalue weighted by atomic mass is 19.1. The summed E-state index contributed by atoms with van der Waals surface area (Å²) in [6.45, 7) is 2.06. The van der Waals surface area contributed by atoms with Crippen LogP contribution in [0.4, 0.5) is 4.39 Å². The molecule has 0 bridgehead atoms. The molecule has 0 unspecified atom stereocenters. The van der Waals surface area contributed by atoms with Crippen LogP contribution in [-0.4, -0.2) is 40.0 Å². The van der Waals surface area contributed by atoms with Gasteiger partial charge in [0.05, 0.1) is 6.20 Å². The van der Waals surface area contributed by atoms with E-state index in [-0.39, 0.29) is 31.4 Å². The van der Waals surface area contributed by atoms with E-state index < -0.39 is 6.10 Å². The number of aryl methyl sites for hydroxylation is 1. The number of aromatic nitrogens is 2. The lowest BCUT2D eigenvalue weighted by molar-refractivity contribution is -0.122. The van der Waals surface area contributed by atoms with Crippen molar-refractivity contribution in [1.82, 2.24) is 15.1 Å². The summed E-state index contributed by atoms with van der Waals surface area (Å²) in [5.74, 6) is -0.142. The largest absolute Gasteiger partial charge is 0.491 e. The molecule has 2 aromatic rings. The number of amides is 1. The van der Waals surface area contributed by atoms with Gasteiger partial charge in [-0.1, -0.05) is 0 Å². The molecule has 1 aromatic carbocycles. The van der Waals surface area contributed by atoms with Crippen molar-refractivity contribution in [2.45, 2.75) is 19.6 Å². The zero-order valence-electron chi connectivity index (χ0n) is 12.2. The number of rotatable bonds is 7. The van der Waals surface area contributed by atoms with Crippen molar-refractivity contribution >= 4 is 5.91 Å². The first-order chi connectivity index (χ1) is 10.5. The minimum Gasteiger partial charge on any atom is -0.491 e. The Morgan fingerprint density at radius 3 is 2.82 bits per heavy atom. The molecule has 1 amide bonds. The number of halogens is 1. The number of hydrogen-bond acceptors (Lipinski definition) is 4. The molecule has 6 nitrogen and oxygen atoms in total. The van der Waals surface area contributed by atoms with Crippen LogP contribution in [0.1, 0.15) is 5.56 Å². The van der Waals surface area contributed by atoms with E-state index >= 15 is 0 Å². The predicted octanol–water partition coefficient (Wildman–Crippen LogP) is 0.887. The summed E-state index contributed by atoms with van der Waals surface area (Å²) in [6, 6.07) is 5.49. The summed E-state index contributed by atoms with van der Waals surface area (Å²) < 4.78 is 19.5. The van der Waals surface area contributed by atoms with Crippen molar-refractivity contribution < 1.29 is 19.0 Å². The van der Waals surface area contributed by atoms with E-state index in [9.17, 15) is 14.3 Å². The first kappa shape index (κ1) is 16.0. The Bertz CT molecular complexity index is 613. The molecule has 22 heavy (non-hydrogen) atoms. The van der Waals surface area contributed by atoms with Gasteiger partial charge in [0, 0.05) is 12.7 Å². The Kier molecular flexibility index (Phi) is 5.48. The van der Waals surface area contributed by atoms with Gasteiger partial charge in [-0.15, -0.1) is 0 Å². The summed E-state index contributed by atoms with van der Waals surface area (Å²) in [4.78, 5) is 11.7. The summed E-state index contributed by atoms with van der Waals surface area (Å²) in [7, 11) is 0. The van der Waals surface area contributed by atoms with Crippen molar-refractivity contribution in [2.24, 2.45) is 0 Å². The molecule has 1 aromatic heterocycles. The van der Waals surface area contributed by atoms with E-state index in [4.69, 9.17) is 4.74 Å². The average Bonchev–Trinajstić information content (AvgIpc) is 2.89. The van der Waals surface area contributed by atoms with Gasteiger partial charge in [0.1, 0.15) is 30.8 Å². The molecule has 0 aliphatic rings. The van der Waals surface area contributed by atoms with Crippen LogP contribution in [0, 0.1) is 12.7 Å². The van der Waals surface area contributed by atoms with Crippen LogP contribution in [-0.2, 0) is 11.3 Å². The van der Waals surface area contributed by atoms with E-state index in [2.05, 4.69) is 10.4 Å². The normalized spacial score (nSPS) is 12.0. The fourth-order valence-electron chi connectivity index (χ4n) is 1.77. The number of aliphatic hydroxyl groups excluding tert-OH is 1. The quantitative estimate of drug-likeness (QED) is 0.796. The van der Waals surface area contributed by atoms with E-state index in [1.807, 2.05) is 6.92 Å². The van der Waals surface area contributed by atoms with Gasteiger partial charge in [0.2, 0.25) is 5.91 Å². The van der Waals surface area contributed by atoms with Crippen LogP contribution in [0.2, 0.25) is 0 Å². The Balaban J connectivity index is 1.67. The highest BCUT2D eigenvalue weighted by molar-refractivity contribution is 5.75. The standard InChI is InChI=1S/C15H18FN3O3/c1-11-6-18-19(8-11)9-15(21)17-7-13(20)10-22-14-4-2-12(16)3-5-14/h2-6,8,13,20H,7,9-10H2,1H3,(H,17,21)/t13-/m0/s1. The molecule has 7 heteroatoms. The molecule has 0 aliphatic carbocycles. The van der Waals surface area contributed by atoms with Gasteiger partial charge in [-0.25, -0.2) is 4.39 Å². The minimum absolute atomic E-state index is 0.00674. The van der Waals surface area contributed by atoms with Gasteiger partial charge < -0.3 is 15.2 Å². The second kappa shape index (κ2) is 7.56. The Morgan fingerprint density at radius 2 is 2.18 bits per heavy atom. The highest BCUT2D eigenvalue weighted by Gasteiger charge is 2.09. The Labute approximate surface area is 127 Å². The second-order valence-corrected chi connectivity index (χ2v) is 4.94. The number of hydrogen-bond donors (Lipinski definition) is 2. The number of carbonyl (C=O) groups is 1. The number of carbonyl (C=O) groups excluding carboxylic acids is 1. The zero-order chi connectivity index (χ0) is 15.9. The smallest absolute Gasteiger partial charge is 0.241 e. The van der Waals surface area contributed by atoms with E-state index in [0.717, 1.165) is 5.56 Å². The molecule has 118 valence electrons. The molecule has 0 saturated heterocycles. The van der Waals surface area contributed by atoms with Gasteiger partial charge in [-0.05, 0) is 36.8 Å². The van der Waals surface area contributed by atoms with Crippen molar-refractivity contribution in [1.29, 1.82) is 0 Å². The molecule has 0 spiro atoms. The lowest BCUT2D eigenvalue weighted by Gasteiger charge is -2.13. The lowest BCUT2D eigenvalue weighted by atomic mass is 10.3. The maximum absolute atomic E-state index is 12.7. The van der Waals surface area contributed by atoms with E-state index in [0.29, 0.717) is 5.75 Å². The Morgan fingerprint density at radius 1 is 1.45 bits per heavy atom. The molecule has 2 N–H and O–H groups in total. The SMILES string of the molecule is Cc1cnn(CC(=O)NC[C@H](O)COc2ccc(F)cc2)c1. The molecule has 0 fully saturated rings. The first-order valence-corrected chi connectivity index (χ1v) is 6.85. The fraction of sp³-hybridized carbons (Fsp3) is 0.333. The van der Waals surface area contributed by atoms with Gasteiger partial charge >= 0.3 is 0 Å². The summed E-state index contributed by atoms with van der Waals surface area (Å²) in [5, 5.41) is 16.3. The highest BCUT2D eigenvalue weighted by Crippen LogP contribution is 2.11. The van der Waals surface area contributed by atoms with Crippen LogP contribution in [0.3, 0.4) is 0 Å². The fourth-order valence-corrected chi connectivity index (χ4v) is 1.77. The lowest BCUT2D eigenvalue weighted by Crippen LogP contribution is -2.37. The third-order valence-corrected chi connectivity index (χ3v) is 2.86. The number of aliphatic hydroxyl groups is 1. The van der Waals surface area contributed by atoms with Crippen LogP contribution in [0.15, 0.2) is 36.7 Å². The molecule has 0 aliphatic heterocycles. The van der Waals surface area contributed by atoms with E-state index in [1.54, 1.807) is 12.4 Å². The van der Waals surface area contributed by atoms with Crippen LogP contribution in [0.25, 0.3) is 0 Å². The number of nitrogens with one attached hydrogen (secondary N) is 1. The first-order valence-electron chi connectivity index (χ1n) is 6.85. The van der Waals surface area contributed by atoms with Gasteiger partial charge in [-0.2, -0.15) is 5.10 Å². The predicted molar refractivity (Wildman–Crippen MR) is 77.9 cm³/mol. The monoisotopic (exact) mass is 307 g/mol. The van der Waals surface area contributed by atoms with Gasteiger partial charge in [-0.3, -0.25) is 9.48 Å². The van der Waals surface area contributed by atoms with Gasteiger partial charge in [0.25, 0.3) is 0 Å². The molecule has 1 heterocycles. The number of nitrogens with zero attached hydrogens (tertiary/aromatic N) is 2. The maximum Gasteiger partial charge on any atom is 0.241 e. The molecule has 0 saturated carbocycles. The third kappa shape index (κ3) is 5.17. The molecular formula is C15H18FN3O3. The zero-order valence-corrected chi connectivity index (χ0v) is 12.2. The van der Waals surface area contributed by atoms with Crippen molar-refractivity contribution in [3.05, 3.63) is 48.0 Å². The summed E-state index contributed by atoms with van der Waals surface area (Å²) in [5.41, 5.74) is 0.973. The van der Waals surface area contributed by atoms with Crippen molar-refractivity contribution in [2.75, 3.05) is 13.2 Å². The third-order valence-electron chi connectivity index (χ3n) is 2.86. The van der Waals surface area contributed by atoms with Crippen molar-refractivity contribution in [3.63, 3.8) is 0 Å². The van der Waals surface area contributed by atoms with Crippen LogP contribution < -0.4 is 10.1 Å². The Hall–Kier alpha value is -2.41. The average molecular weight is 307 g/mol. The summed E-state index contributed by atoms with van der Waals surface area (Å²) >= 11 is 0. The number of benzene rings is 1. The molecule has 1 atom stereocenters. The molecule has 2 rings (SSSR count). The minimum atomic E-state index is -0.853. The topological polar surface area (TPSA) is 76.4 Å². The maximum atomic E-state index is 12.7. The van der Waals surface area contributed by atoms with Crippen LogP contribution in [0.5, 0.6) is 5.75 Å². The number of ether oxygens (including phenoxy) is 1. The van der Waals surface area contributed by atoms with E-state index in [1.165, 1.54) is 28.9 Å². The van der Waals surface area contributed by atoms with Gasteiger partial charge in [0.15, 0.2) is 0 Å². The van der Waals surface area contributed by atoms with Crippen LogP contribution >= 0.6 is 0 Å². The second-order valence-electron chi connectivity index (χ2n) is 4.94. The summed E-state index contributed by atoms with van der Waals surface area (Å²) in [6.07, 6.45) is 2.57. The van der Waals surface area contributed by atoms with Crippen molar-refractivity contribution in [3.8, 4) is 5.75 Å². The molecule has 0 radical (unpaired) electrons.